The van der Waals surface area contributed by atoms with Gasteiger partial charge in [0.1, 0.15) is 0 Å². The first-order valence-corrected chi connectivity index (χ1v) is 3.33. The van der Waals surface area contributed by atoms with Gasteiger partial charge in [-0.3, -0.25) is 10.2 Å². The first-order valence-electron chi connectivity index (χ1n) is 3.33. The zero-order chi connectivity index (χ0) is 11.3. The molecule has 14 heavy (non-hydrogen) atoms. The quantitative estimate of drug-likeness (QED) is 0.352. The van der Waals surface area contributed by atoms with Crippen LogP contribution in [-0.4, -0.2) is 38.9 Å². The number of carboxylic acid groups (broad SMARTS) is 3. The van der Waals surface area contributed by atoms with E-state index in [4.69, 9.17) is 20.7 Å². The smallest absolute Gasteiger partial charge is 0.354 e. The summed E-state index contributed by atoms with van der Waals surface area (Å²) < 4.78 is 0. The summed E-state index contributed by atoms with van der Waals surface area (Å²) in [6.45, 7) is 0. The molecule has 76 valence electrons. The Morgan fingerprint density at radius 2 is 1.57 bits per heavy atom. The average Bonchev–Trinajstić information content (AvgIpc) is 2.02. The SMILES string of the molecule is N=C(C(=O)O)C(=CCC(=O)O)C(=O)O. The van der Waals surface area contributed by atoms with E-state index in [9.17, 15) is 14.4 Å². The van der Waals surface area contributed by atoms with Gasteiger partial charge in [0.25, 0.3) is 0 Å². The predicted molar refractivity (Wildman–Crippen MR) is 43.3 cm³/mol. The lowest BCUT2D eigenvalue weighted by Crippen LogP contribution is -2.20. The van der Waals surface area contributed by atoms with E-state index < -0.39 is 35.6 Å². The topological polar surface area (TPSA) is 136 Å². The van der Waals surface area contributed by atoms with Crippen LogP contribution >= 0.6 is 0 Å². The first-order chi connectivity index (χ1) is 6.36. The van der Waals surface area contributed by atoms with Gasteiger partial charge in [0.05, 0.1) is 12.0 Å². The highest BCUT2D eigenvalue weighted by molar-refractivity contribution is 6.47. The molecular formula is C7H7NO6. The molecule has 0 aromatic rings. The van der Waals surface area contributed by atoms with Gasteiger partial charge < -0.3 is 15.3 Å². The van der Waals surface area contributed by atoms with Gasteiger partial charge >= 0.3 is 17.9 Å². The van der Waals surface area contributed by atoms with Crippen LogP contribution in [0.5, 0.6) is 0 Å². The Labute approximate surface area is 77.8 Å². The second-order valence-corrected chi connectivity index (χ2v) is 2.20. The molecule has 0 aromatic carbocycles. The minimum absolute atomic E-state index is 0.642. The summed E-state index contributed by atoms with van der Waals surface area (Å²) in [5.74, 6) is -4.66. The summed E-state index contributed by atoms with van der Waals surface area (Å²) in [5, 5.41) is 31.8. The highest BCUT2D eigenvalue weighted by Gasteiger charge is 2.19. The molecule has 0 saturated heterocycles. The molecule has 0 rings (SSSR count). The molecule has 0 aliphatic rings. The molecule has 0 atom stereocenters. The summed E-state index contributed by atoms with van der Waals surface area (Å²) in [6.07, 6.45) is 0.0262. The second-order valence-electron chi connectivity index (χ2n) is 2.20. The van der Waals surface area contributed by atoms with Crippen LogP contribution in [-0.2, 0) is 14.4 Å². The van der Waals surface area contributed by atoms with Crippen molar-refractivity contribution in [2.75, 3.05) is 0 Å². The maximum atomic E-state index is 10.4. The van der Waals surface area contributed by atoms with Crippen LogP contribution in [0.25, 0.3) is 0 Å². The number of carbonyl (C=O) groups is 3. The molecule has 0 unspecified atom stereocenters. The molecule has 0 heterocycles. The molecular weight excluding hydrogens is 194 g/mol. The van der Waals surface area contributed by atoms with E-state index in [-0.39, 0.29) is 0 Å². The Bertz CT molecular complexity index is 329. The van der Waals surface area contributed by atoms with Crippen LogP contribution in [0.3, 0.4) is 0 Å². The van der Waals surface area contributed by atoms with Crippen molar-refractivity contribution >= 4 is 23.6 Å². The van der Waals surface area contributed by atoms with Crippen molar-refractivity contribution in [3.05, 3.63) is 11.6 Å². The number of nitrogens with one attached hydrogen (secondary N) is 1. The van der Waals surface area contributed by atoms with Crippen molar-refractivity contribution < 1.29 is 29.7 Å². The lowest BCUT2D eigenvalue weighted by Gasteiger charge is -1.98. The summed E-state index contributed by atoms with van der Waals surface area (Å²) in [5.41, 5.74) is -1.97. The molecule has 0 fully saturated rings. The molecule has 0 saturated carbocycles. The molecule has 0 spiro atoms. The fourth-order valence-electron chi connectivity index (χ4n) is 0.601. The van der Waals surface area contributed by atoms with E-state index in [1.807, 2.05) is 0 Å². The number of hydrogen-bond acceptors (Lipinski definition) is 4. The Hall–Kier alpha value is -2.18. The zero-order valence-corrected chi connectivity index (χ0v) is 6.85. The van der Waals surface area contributed by atoms with Crippen molar-refractivity contribution in [3.63, 3.8) is 0 Å². The highest BCUT2D eigenvalue weighted by Crippen LogP contribution is 2.00. The third-order valence-electron chi connectivity index (χ3n) is 1.19. The minimum Gasteiger partial charge on any atom is -0.481 e. The molecule has 4 N–H and O–H groups in total. The van der Waals surface area contributed by atoms with Crippen molar-refractivity contribution in [2.24, 2.45) is 0 Å². The molecule has 0 radical (unpaired) electrons. The Morgan fingerprint density at radius 3 is 1.86 bits per heavy atom. The van der Waals surface area contributed by atoms with Gasteiger partial charge in [-0.05, 0) is 0 Å². The molecule has 7 heteroatoms. The summed E-state index contributed by atoms with van der Waals surface area (Å²) >= 11 is 0. The van der Waals surface area contributed by atoms with E-state index in [1.54, 1.807) is 0 Å². The number of aliphatic carboxylic acids is 3. The fraction of sp³-hybridized carbons (Fsp3) is 0.143. The Morgan fingerprint density at radius 1 is 1.07 bits per heavy atom. The van der Waals surface area contributed by atoms with Crippen molar-refractivity contribution in [3.8, 4) is 0 Å². The van der Waals surface area contributed by atoms with E-state index >= 15 is 0 Å². The largest absolute Gasteiger partial charge is 0.481 e. The summed E-state index contributed by atoms with van der Waals surface area (Å²) in [7, 11) is 0. The lowest BCUT2D eigenvalue weighted by atomic mass is 10.1. The maximum Gasteiger partial charge on any atom is 0.354 e. The van der Waals surface area contributed by atoms with E-state index in [2.05, 4.69) is 0 Å². The molecule has 0 aliphatic heterocycles. The Balaban J connectivity index is 4.86. The summed E-state index contributed by atoms with van der Waals surface area (Å²) in [6, 6.07) is 0. The van der Waals surface area contributed by atoms with Gasteiger partial charge in [-0.25, -0.2) is 9.59 Å². The normalized spacial score (nSPS) is 10.7. The number of carboxylic acids is 3. The summed E-state index contributed by atoms with van der Waals surface area (Å²) in [4.78, 5) is 30.7. The van der Waals surface area contributed by atoms with E-state index in [0.29, 0.717) is 6.08 Å². The second kappa shape index (κ2) is 4.75. The number of rotatable bonds is 5. The predicted octanol–water partition coefficient (Wildman–Crippen LogP) is -0.424. The first kappa shape index (κ1) is 11.8. The molecule has 0 bridgehead atoms. The Kier molecular flexibility index (Phi) is 4.01. The van der Waals surface area contributed by atoms with Crippen LogP contribution in [0.2, 0.25) is 0 Å². The van der Waals surface area contributed by atoms with Crippen molar-refractivity contribution in [1.29, 1.82) is 5.41 Å². The highest BCUT2D eigenvalue weighted by atomic mass is 16.4. The average molecular weight is 201 g/mol. The van der Waals surface area contributed by atoms with Crippen LogP contribution in [0, 0.1) is 5.41 Å². The van der Waals surface area contributed by atoms with Gasteiger partial charge in [0.15, 0.2) is 5.71 Å². The lowest BCUT2D eigenvalue weighted by molar-refractivity contribution is -0.136. The molecule has 0 amide bonds. The van der Waals surface area contributed by atoms with Crippen molar-refractivity contribution in [2.45, 2.75) is 6.42 Å². The van der Waals surface area contributed by atoms with Gasteiger partial charge in [-0.15, -0.1) is 0 Å². The van der Waals surface area contributed by atoms with E-state index in [0.717, 1.165) is 0 Å². The van der Waals surface area contributed by atoms with Crippen molar-refractivity contribution in [1.82, 2.24) is 0 Å². The van der Waals surface area contributed by atoms with Crippen LogP contribution in [0.4, 0.5) is 0 Å². The molecule has 7 nitrogen and oxygen atoms in total. The van der Waals surface area contributed by atoms with Crippen LogP contribution in [0.1, 0.15) is 6.42 Å². The van der Waals surface area contributed by atoms with Gasteiger partial charge in [0.2, 0.25) is 0 Å². The third-order valence-corrected chi connectivity index (χ3v) is 1.19. The van der Waals surface area contributed by atoms with Gasteiger partial charge in [-0.2, -0.15) is 0 Å². The van der Waals surface area contributed by atoms with Crippen LogP contribution < -0.4 is 0 Å². The zero-order valence-electron chi connectivity index (χ0n) is 6.85. The van der Waals surface area contributed by atoms with Crippen LogP contribution in [0.15, 0.2) is 11.6 Å². The van der Waals surface area contributed by atoms with E-state index in [1.165, 1.54) is 0 Å². The monoisotopic (exact) mass is 201 g/mol. The maximum absolute atomic E-state index is 10.4. The third kappa shape index (κ3) is 3.48. The minimum atomic E-state index is -1.72. The van der Waals surface area contributed by atoms with Gasteiger partial charge in [0, 0.05) is 0 Å². The molecule has 0 aliphatic carbocycles. The molecule has 0 aromatic heterocycles. The standard InChI is InChI=1S/C7H7NO6/c8-5(7(13)14)3(6(11)12)1-2-4(9)10/h1,8H,2H2,(H,9,10)(H,11,12)(H,13,14). The number of hydrogen-bond donors (Lipinski definition) is 4. The van der Waals surface area contributed by atoms with Gasteiger partial charge in [-0.1, -0.05) is 6.08 Å². The fourth-order valence-corrected chi connectivity index (χ4v) is 0.601.